The van der Waals surface area contributed by atoms with Crippen LogP contribution in [0.15, 0.2) is 71.8 Å². The Hall–Kier alpha value is -3.46. The van der Waals surface area contributed by atoms with E-state index in [0.29, 0.717) is 11.4 Å². The molecule has 1 amide bonds. The highest BCUT2D eigenvalue weighted by Gasteiger charge is 2.16. The number of aromatic nitrogens is 1. The number of anilines is 1. The maximum Gasteiger partial charge on any atom is 0.261 e. The average Bonchev–Trinajstić information content (AvgIpc) is 2.69. The second kappa shape index (κ2) is 8.91. The number of nitrogens with zero attached hydrogens (tertiary/aromatic N) is 1. The fraction of sp³-hybridized carbons (Fsp3) is 0.143. The lowest BCUT2D eigenvalue weighted by Crippen LogP contribution is -2.30. The number of ether oxygens (including phenoxy) is 1. The summed E-state index contributed by atoms with van der Waals surface area (Å²) >= 11 is 0. The molecule has 30 heavy (non-hydrogen) atoms. The van der Waals surface area contributed by atoms with Gasteiger partial charge in [-0.1, -0.05) is 0 Å². The lowest BCUT2D eigenvalue weighted by atomic mass is 10.2. The molecule has 1 heterocycles. The summed E-state index contributed by atoms with van der Waals surface area (Å²) in [6.45, 7) is 3.70. The molecule has 0 saturated carbocycles. The number of rotatable bonds is 7. The normalized spacial score (nSPS) is 11.2. The van der Waals surface area contributed by atoms with E-state index in [1.54, 1.807) is 24.3 Å². The molecule has 9 heteroatoms. The van der Waals surface area contributed by atoms with Gasteiger partial charge in [0.1, 0.15) is 17.1 Å². The molecule has 156 valence electrons. The first-order chi connectivity index (χ1) is 14.2. The molecule has 1 aromatic heterocycles. The maximum absolute atomic E-state index is 13.0. The summed E-state index contributed by atoms with van der Waals surface area (Å²) in [6, 6.07) is 13.8. The topological polar surface area (TPSA) is 97.4 Å². The lowest BCUT2D eigenvalue weighted by molar-refractivity contribution is 0.0940. The Labute approximate surface area is 174 Å². The molecule has 0 unspecified atom stereocenters. The van der Waals surface area contributed by atoms with Gasteiger partial charge in [0.2, 0.25) is 5.88 Å². The predicted octanol–water partition coefficient (Wildman–Crippen LogP) is 3.95. The van der Waals surface area contributed by atoms with Crippen molar-refractivity contribution in [3.05, 3.63) is 78.2 Å². The molecule has 3 aromatic rings. The van der Waals surface area contributed by atoms with Crippen LogP contribution in [0.5, 0.6) is 11.6 Å². The average molecular weight is 429 g/mol. The summed E-state index contributed by atoms with van der Waals surface area (Å²) in [5, 5.41) is 2.78. The van der Waals surface area contributed by atoms with E-state index in [9.17, 15) is 17.6 Å². The minimum absolute atomic E-state index is 0.0426. The van der Waals surface area contributed by atoms with Crippen LogP contribution in [0, 0.1) is 5.82 Å². The molecule has 0 spiro atoms. The molecule has 0 aliphatic heterocycles. The molecule has 0 atom stereocenters. The standard InChI is InChI=1S/C21H20FN3O4S/c1-14(2)24-20(26)19-4-3-13-23-21(19)29-17-9-7-16(8-10-17)25-30(27,28)18-11-5-15(22)6-12-18/h3-14,25H,1-2H3,(H,24,26). The summed E-state index contributed by atoms with van der Waals surface area (Å²) in [5.74, 6) is -0.324. The first-order valence-corrected chi connectivity index (χ1v) is 10.5. The Kier molecular flexibility index (Phi) is 6.31. The third kappa shape index (κ3) is 5.32. The first-order valence-electron chi connectivity index (χ1n) is 9.07. The van der Waals surface area contributed by atoms with Crippen LogP contribution < -0.4 is 14.8 Å². The summed E-state index contributed by atoms with van der Waals surface area (Å²) in [6.07, 6.45) is 1.51. The molecule has 3 rings (SSSR count). The van der Waals surface area contributed by atoms with Gasteiger partial charge in [0.25, 0.3) is 15.9 Å². The van der Waals surface area contributed by atoms with Gasteiger partial charge in [0.05, 0.1) is 4.90 Å². The second-order valence-electron chi connectivity index (χ2n) is 6.67. The van der Waals surface area contributed by atoms with Gasteiger partial charge in [0.15, 0.2) is 0 Å². The summed E-state index contributed by atoms with van der Waals surface area (Å²) in [7, 11) is -3.85. The Balaban J connectivity index is 1.74. The monoisotopic (exact) mass is 429 g/mol. The zero-order chi connectivity index (χ0) is 21.7. The van der Waals surface area contributed by atoms with Crippen molar-refractivity contribution >= 4 is 21.6 Å². The molecule has 2 aromatic carbocycles. The van der Waals surface area contributed by atoms with Crippen molar-refractivity contribution in [1.82, 2.24) is 10.3 Å². The van der Waals surface area contributed by atoms with E-state index in [0.717, 1.165) is 12.1 Å². The van der Waals surface area contributed by atoms with Crippen molar-refractivity contribution in [3.63, 3.8) is 0 Å². The van der Waals surface area contributed by atoms with Crippen molar-refractivity contribution in [3.8, 4) is 11.6 Å². The van der Waals surface area contributed by atoms with E-state index in [1.165, 1.54) is 30.5 Å². The van der Waals surface area contributed by atoms with E-state index in [2.05, 4.69) is 15.0 Å². The smallest absolute Gasteiger partial charge is 0.261 e. The predicted molar refractivity (Wildman–Crippen MR) is 111 cm³/mol. The molecule has 0 saturated heterocycles. The Morgan fingerprint density at radius 1 is 1.03 bits per heavy atom. The van der Waals surface area contributed by atoms with Crippen LogP contribution >= 0.6 is 0 Å². The first kappa shape index (κ1) is 21.3. The van der Waals surface area contributed by atoms with Gasteiger partial charge in [-0.15, -0.1) is 0 Å². The number of sulfonamides is 1. The molecule has 0 radical (unpaired) electrons. The zero-order valence-electron chi connectivity index (χ0n) is 16.3. The highest BCUT2D eigenvalue weighted by Crippen LogP contribution is 2.25. The van der Waals surface area contributed by atoms with Crippen molar-refractivity contribution in [2.45, 2.75) is 24.8 Å². The van der Waals surface area contributed by atoms with Crippen LogP contribution in [0.25, 0.3) is 0 Å². The summed E-state index contributed by atoms with van der Waals surface area (Å²) in [4.78, 5) is 16.4. The highest BCUT2D eigenvalue weighted by molar-refractivity contribution is 7.92. The highest BCUT2D eigenvalue weighted by atomic mass is 32.2. The quantitative estimate of drug-likeness (QED) is 0.593. The Bertz CT molecular complexity index is 1130. The molecule has 2 N–H and O–H groups in total. The lowest BCUT2D eigenvalue weighted by Gasteiger charge is -2.12. The van der Waals surface area contributed by atoms with Crippen molar-refractivity contribution in [2.24, 2.45) is 0 Å². The van der Waals surface area contributed by atoms with E-state index in [4.69, 9.17) is 4.74 Å². The van der Waals surface area contributed by atoms with Gasteiger partial charge in [-0.05, 0) is 74.5 Å². The van der Waals surface area contributed by atoms with Gasteiger partial charge in [-0.2, -0.15) is 0 Å². The summed E-state index contributed by atoms with van der Waals surface area (Å²) < 4.78 is 45.9. The number of amides is 1. The summed E-state index contributed by atoms with van der Waals surface area (Å²) in [5.41, 5.74) is 0.581. The third-order valence-electron chi connectivity index (χ3n) is 3.88. The molecule has 0 aliphatic rings. The number of carbonyl (C=O) groups is 1. The maximum atomic E-state index is 13.0. The fourth-order valence-electron chi connectivity index (χ4n) is 2.52. The fourth-order valence-corrected chi connectivity index (χ4v) is 3.57. The molecular weight excluding hydrogens is 409 g/mol. The number of hydrogen-bond donors (Lipinski definition) is 2. The van der Waals surface area contributed by atoms with Crippen LogP contribution in [-0.4, -0.2) is 25.4 Å². The van der Waals surface area contributed by atoms with Gasteiger partial charge < -0.3 is 10.1 Å². The molecule has 0 bridgehead atoms. The number of benzene rings is 2. The SMILES string of the molecule is CC(C)NC(=O)c1cccnc1Oc1ccc(NS(=O)(=O)c2ccc(F)cc2)cc1. The Morgan fingerprint density at radius 2 is 1.70 bits per heavy atom. The van der Waals surface area contributed by atoms with E-state index < -0.39 is 15.8 Å². The van der Waals surface area contributed by atoms with Crippen LogP contribution in [0.4, 0.5) is 10.1 Å². The van der Waals surface area contributed by atoms with Crippen molar-refractivity contribution in [2.75, 3.05) is 4.72 Å². The van der Waals surface area contributed by atoms with Crippen LogP contribution in [0.3, 0.4) is 0 Å². The van der Waals surface area contributed by atoms with Gasteiger partial charge in [-0.3, -0.25) is 9.52 Å². The van der Waals surface area contributed by atoms with Crippen molar-refractivity contribution in [1.29, 1.82) is 0 Å². The van der Waals surface area contributed by atoms with Crippen LogP contribution in [-0.2, 0) is 10.0 Å². The number of carbonyl (C=O) groups excluding carboxylic acids is 1. The molecule has 0 aliphatic carbocycles. The molecule has 7 nitrogen and oxygen atoms in total. The van der Waals surface area contributed by atoms with E-state index >= 15 is 0 Å². The van der Waals surface area contributed by atoms with Gasteiger partial charge in [0, 0.05) is 17.9 Å². The van der Waals surface area contributed by atoms with Crippen LogP contribution in [0.2, 0.25) is 0 Å². The largest absolute Gasteiger partial charge is 0.438 e. The zero-order valence-corrected chi connectivity index (χ0v) is 17.1. The number of hydrogen-bond acceptors (Lipinski definition) is 5. The number of halogens is 1. The number of nitrogens with one attached hydrogen (secondary N) is 2. The Morgan fingerprint density at radius 3 is 2.33 bits per heavy atom. The van der Waals surface area contributed by atoms with E-state index in [1.807, 2.05) is 13.8 Å². The van der Waals surface area contributed by atoms with Gasteiger partial charge in [-0.25, -0.2) is 17.8 Å². The second-order valence-corrected chi connectivity index (χ2v) is 8.35. The minimum Gasteiger partial charge on any atom is -0.438 e. The number of pyridine rings is 1. The molecule has 0 fully saturated rings. The van der Waals surface area contributed by atoms with E-state index in [-0.39, 0.29) is 28.3 Å². The van der Waals surface area contributed by atoms with Gasteiger partial charge >= 0.3 is 0 Å². The van der Waals surface area contributed by atoms with Crippen molar-refractivity contribution < 1.29 is 22.3 Å². The van der Waals surface area contributed by atoms with Crippen LogP contribution in [0.1, 0.15) is 24.2 Å². The minimum atomic E-state index is -3.85. The third-order valence-corrected chi connectivity index (χ3v) is 5.28. The molecular formula is C21H20FN3O4S.